The third kappa shape index (κ3) is 2.54. The van der Waals surface area contributed by atoms with Gasteiger partial charge < -0.3 is 5.11 Å². The number of pyridine rings is 1. The number of hydrogen-bond donors (Lipinski definition) is 1. The van der Waals surface area contributed by atoms with Crippen LogP contribution in [0.3, 0.4) is 0 Å². The van der Waals surface area contributed by atoms with E-state index in [1.165, 1.54) is 6.08 Å². The predicted octanol–water partition coefficient (Wildman–Crippen LogP) is 1.49. The largest absolute Gasteiger partial charge is 0.478 e. The third-order valence-corrected chi connectivity index (χ3v) is 1.31. The summed E-state index contributed by atoms with van der Waals surface area (Å²) in [6.45, 7) is 1.86. The van der Waals surface area contributed by atoms with Gasteiger partial charge in [0.1, 0.15) is 0 Å². The summed E-state index contributed by atoms with van der Waals surface area (Å²) in [6.07, 6.45) is 2.54. The van der Waals surface area contributed by atoms with Crippen molar-refractivity contribution in [2.45, 2.75) is 6.92 Å². The van der Waals surface area contributed by atoms with Crippen LogP contribution < -0.4 is 0 Å². The van der Waals surface area contributed by atoms with E-state index in [0.717, 1.165) is 11.8 Å². The van der Waals surface area contributed by atoms with Gasteiger partial charge in [-0.05, 0) is 25.1 Å². The van der Waals surface area contributed by atoms with Crippen LogP contribution in [0.15, 0.2) is 24.3 Å². The molecule has 62 valence electrons. The van der Waals surface area contributed by atoms with Crippen LogP contribution in [0.5, 0.6) is 0 Å². The van der Waals surface area contributed by atoms with E-state index >= 15 is 0 Å². The summed E-state index contributed by atoms with van der Waals surface area (Å²) in [6, 6.07) is 5.45. The zero-order valence-electron chi connectivity index (χ0n) is 6.69. The fourth-order valence-electron chi connectivity index (χ4n) is 0.814. The molecule has 0 amide bonds. The van der Waals surface area contributed by atoms with Crippen LogP contribution in [0.4, 0.5) is 0 Å². The number of hydrogen-bond acceptors (Lipinski definition) is 2. The SMILES string of the molecule is Cc1cccc(/C=C/C(=O)O)n1. The molecule has 0 saturated heterocycles. The Balaban J connectivity index is 2.83. The number of carboxylic acids is 1. The van der Waals surface area contributed by atoms with Crippen molar-refractivity contribution in [1.29, 1.82) is 0 Å². The Morgan fingerprint density at radius 2 is 2.33 bits per heavy atom. The molecule has 1 heterocycles. The first-order valence-corrected chi connectivity index (χ1v) is 3.53. The number of rotatable bonds is 2. The lowest BCUT2D eigenvalue weighted by Gasteiger charge is -1.92. The second-order valence-corrected chi connectivity index (χ2v) is 2.38. The summed E-state index contributed by atoms with van der Waals surface area (Å²) in [5, 5.41) is 8.33. The van der Waals surface area contributed by atoms with E-state index in [9.17, 15) is 4.79 Å². The maximum atomic E-state index is 10.1. The molecule has 0 bridgehead atoms. The average molecular weight is 163 g/mol. The van der Waals surface area contributed by atoms with Crippen molar-refractivity contribution in [2.75, 3.05) is 0 Å². The second kappa shape index (κ2) is 3.67. The Morgan fingerprint density at radius 1 is 1.58 bits per heavy atom. The van der Waals surface area contributed by atoms with Gasteiger partial charge in [0, 0.05) is 11.8 Å². The minimum atomic E-state index is -0.960. The molecule has 1 rings (SSSR count). The Labute approximate surface area is 70.4 Å². The van der Waals surface area contributed by atoms with Crippen molar-refractivity contribution < 1.29 is 9.90 Å². The molecule has 3 nitrogen and oxygen atoms in total. The molecule has 0 aliphatic carbocycles. The number of carboxylic acid groups (broad SMARTS) is 1. The number of aryl methyl sites for hydroxylation is 1. The van der Waals surface area contributed by atoms with Gasteiger partial charge in [0.2, 0.25) is 0 Å². The fraction of sp³-hybridized carbons (Fsp3) is 0.111. The lowest BCUT2D eigenvalue weighted by atomic mass is 10.3. The number of aromatic nitrogens is 1. The zero-order chi connectivity index (χ0) is 8.97. The van der Waals surface area contributed by atoms with Gasteiger partial charge in [-0.15, -0.1) is 0 Å². The normalized spacial score (nSPS) is 10.4. The van der Waals surface area contributed by atoms with Crippen LogP contribution >= 0.6 is 0 Å². The summed E-state index contributed by atoms with van der Waals surface area (Å²) in [4.78, 5) is 14.2. The van der Waals surface area contributed by atoms with Gasteiger partial charge in [0.05, 0.1) is 5.69 Å². The molecule has 0 radical (unpaired) electrons. The van der Waals surface area contributed by atoms with Crippen LogP contribution in [0.25, 0.3) is 6.08 Å². The van der Waals surface area contributed by atoms with Gasteiger partial charge in [-0.1, -0.05) is 6.07 Å². The van der Waals surface area contributed by atoms with Gasteiger partial charge in [-0.2, -0.15) is 0 Å². The van der Waals surface area contributed by atoms with E-state index in [4.69, 9.17) is 5.11 Å². The molecule has 3 heteroatoms. The first-order chi connectivity index (χ1) is 5.68. The molecule has 0 fully saturated rings. The number of nitrogens with zero attached hydrogens (tertiary/aromatic N) is 1. The predicted molar refractivity (Wildman–Crippen MR) is 45.6 cm³/mol. The van der Waals surface area contributed by atoms with Gasteiger partial charge in [-0.25, -0.2) is 4.79 Å². The van der Waals surface area contributed by atoms with Crippen molar-refractivity contribution in [3.8, 4) is 0 Å². The van der Waals surface area contributed by atoms with E-state index in [1.807, 2.05) is 19.1 Å². The monoisotopic (exact) mass is 163 g/mol. The van der Waals surface area contributed by atoms with Crippen LogP contribution in [-0.2, 0) is 4.79 Å². The van der Waals surface area contributed by atoms with E-state index in [1.54, 1.807) is 6.07 Å². The Hall–Kier alpha value is -1.64. The summed E-state index contributed by atoms with van der Waals surface area (Å²) < 4.78 is 0. The molecular formula is C9H9NO2. The Morgan fingerprint density at radius 3 is 2.92 bits per heavy atom. The molecule has 0 spiro atoms. The van der Waals surface area contributed by atoms with Crippen LogP contribution in [0.1, 0.15) is 11.4 Å². The van der Waals surface area contributed by atoms with Crippen molar-refractivity contribution in [3.05, 3.63) is 35.7 Å². The highest BCUT2D eigenvalue weighted by Crippen LogP contribution is 1.99. The lowest BCUT2D eigenvalue weighted by Crippen LogP contribution is -1.88. The topological polar surface area (TPSA) is 50.2 Å². The van der Waals surface area contributed by atoms with Crippen LogP contribution in [0, 0.1) is 6.92 Å². The molecule has 0 aliphatic heterocycles. The van der Waals surface area contributed by atoms with Crippen molar-refractivity contribution in [3.63, 3.8) is 0 Å². The fourth-order valence-corrected chi connectivity index (χ4v) is 0.814. The molecular weight excluding hydrogens is 154 g/mol. The van der Waals surface area contributed by atoms with Crippen LogP contribution in [-0.4, -0.2) is 16.1 Å². The highest BCUT2D eigenvalue weighted by Gasteiger charge is 1.90. The molecule has 0 saturated carbocycles. The van der Waals surface area contributed by atoms with Crippen molar-refractivity contribution in [1.82, 2.24) is 4.98 Å². The molecule has 0 aliphatic rings. The minimum absolute atomic E-state index is 0.664. The summed E-state index contributed by atoms with van der Waals surface area (Å²) >= 11 is 0. The average Bonchev–Trinajstić information content (AvgIpc) is 2.01. The molecule has 1 aromatic rings. The van der Waals surface area contributed by atoms with Crippen molar-refractivity contribution >= 4 is 12.0 Å². The highest BCUT2D eigenvalue weighted by molar-refractivity contribution is 5.84. The summed E-state index contributed by atoms with van der Waals surface area (Å²) in [7, 11) is 0. The van der Waals surface area contributed by atoms with E-state index in [-0.39, 0.29) is 0 Å². The highest BCUT2D eigenvalue weighted by atomic mass is 16.4. The quantitative estimate of drug-likeness (QED) is 0.672. The molecule has 1 aromatic heterocycles. The molecule has 0 unspecified atom stereocenters. The van der Waals surface area contributed by atoms with Crippen LogP contribution in [0.2, 0.25) is 0 Å². The smallest absolute Gasteiger partial charge is 0.328 e. The first-order valence-electron chi connectivity index (χ1n) is 3.53. The maximum Gasteiger partial charge on any atom is 0.328 e. The summed E-state index contributed by atoms with van der Waals surface area (Å²) in [5.74, 6) is -0.960. The van der Waals surface area contributed by atoms with E-state index in [2.05, 4.69) is 4.98 Å². The molecule has 12 heavy (non-hydrogen) atoms. The van der Waals surface area contributed by atoms with Gasteiger partial charge in [0.25, 0.3) is 0 Å². The number of carbonyl (C=O) groups is 1. The van der Waals surface area contributed by atoms with Gasteiger partial charge in [-0.3, -0.25) is 4.98 Å². The van der Waals surface area contributed by atoms with E-state index in [0.29, 0.717) is 5.69 Å². The Kier molecular flexibility index (Phi) is 2.58. The van der Waals surface area contributed by atoms with E-state index < -0.39 is 5.97 Å². The third-order valence-electron chi connectivity index (χ3n) is 1.31. The van der Waals surface area contributed by atoms with Crippen molar-refractivity contribution in [2.24, 2.45) is 0 Å². The van der Waals surface area contributed by atoms with Gasteiger partial charge >= 0.3 is 5.97 Å². The van der Waals surface area contributed by atoms with Gasteiger partial charge in [0.15, 0.2) is 0 Å². The maximum absolute atomic E-state index is 10.1. The lowest BCUT2D eigenvalue weighted by molar-refractivity contribution is -0.131. The number of aliphatic carboxylic acids is 1. The molecule has 0 atom stereocenters. The first kappa shape index (κ1) is 8.46. The Bertz CT molecular complexity index is 318. The standard InChI is InChI=1S/C9H9NO2/c1-7-3-2-4-8(10-7)5-6-9(11)12/h2-6H,1H3,(H,11,12)/b6-5+. The second-order valence-electron chi connectivity index (χ2n) is 2.38. The summed E-state index contributed by atoms with van der Waals surface area (Å²) in [5.41, 5.74) is 1.54. The zero-order valence-corrected chi connectivity index (χ0v) is 6.69. The molecule has 0 aromatic carbocycles. The minimum Gasteiger partial charge on any atom is -0.478 e. The molecule has 1 N–H and O–H groups in total.